The number of rotatable bonds is 5. The molecule has 7 heteroatoms. The molecule has 1 aliphatic carbocycles. The minimum Gasteiger partial charge on any atom is -0.375 e. The Morgan fingerprint density at radius 1 is 1.04 bits per heavy atom. The van der Waals surface area contributed by atoms with Crippen molar-refractivity contribution in [3.05, 3.63) is 35.4 Å². The first-order chi connectivity index (χ1) is 11.9. The van der Waals surface area contributed by atoms with E-state index >= 15 is 0 Å². The van der Waals surface area contributed by atoms with E-state index in [0.717, 1.165) is 12.8 Å². The Balaban J connectivity index is 1.51. The first kappa shape index (κ1) is 18.4. The normalized spacial score (nSPS) is 20.1. The van der Waals surface area contributed by atoms with Crippen LogP contribution in [0.2, 0.25) is 0 Å². The van der Waals surface area contributed by atoms with Crippen LogP contribution in [0.4, 0.5) is 0 Å². The number of primary sulfonamides is 1. The van der Waals surface area contributed by atoms with Crippen LogP contribution in [0.25, 0.3) is 0 Å². The van der Waals surface area contributed by atoms with Crippen molar-refractivity contribution in [3.8, 4) is 0 Å². The molecule has 0 spiro atoms. The number of likely N-dealkylation sites (tertiary alicyclic amines) is 1. The van der Waals surface area contributed by atoms with Gasteiger partial charge in [0.25, 0.3) is 5.91 Å². The lowest BCUT2D eigenvalue weighted by atomic mass is 10.1. The number of nitrogens with zero attached hydrogens (tertiary/aromatic N) is 1. The Labute approximate surface area is 149 Å². The monoisotopic (exact) mass is 366 g/mol. The number of sulfonamides is 1. The standard InChI is InChI=1S/C18H26N2O4S/c19-25(22,23)13-14-5-7-15(8-6-14)18(21)20-11-9-17(10-12-20)24-16-3-1-2-4-16/h5-8,16-17H,1-4,9-13H2,(H2,19,22,23). The number of benzene rings is 1. The van der Waals surface area contributed by atoms with Gasteiger partial charge in [0.2, 0.25) is 10.0 Å². The lowest BCUT2D eigenvalue weighted by molar-refractivity contribution is -0.0357. The molecule has 0 atom stereocenters. The van der Waals surface area contributed by atoms with Crippen molar-refractivity contribution in [2.24, 2.45) is 5.14 Å². The van der Waals surface area contributed by atoms with E-state index in [9.17, 15) is 13.2 Å². The van der Waals surface area contributed by atoms with Gasteiger partial charge in [-0.25, -0.2) is 13.6 Å². The first-order valence-electron chi connectivity index (χ1n) is 8.95. The van der Waals surface area contributed by atoms with Crippen LogP contribution in [-0.4, -0.2) is 44.5 Å². The molecule has 6 nitrogen and oxygen atoms in total. The molecule has 3 rings (SSSR count). The third-order valence-electron chi connectivity index (χ3n) is 4.99. The fourth-order valence-corrected chi connectivity index (χ4v) is 4.31. The Morgan fingerprint density at radius 2 is 1.60 bits per heavy atom. The number of amides is 1. The average molecular weight is 366 g/mol. The summed E-state index contributed by atoms with van der Waals surface area (Å²) in [6, 6.07) is 6.63. The second-order valence-corrected chi connectivity index (χ2v) is 8.65. The molecule has 25 heavy (non-hydrogen) atoms. The van der Waals surface area contributed by atoms with Gasteiger partial charge < -0.3 is 9.64 Å². The lowest BCUT2D eigenvalue weighted by Gasteiger charge is -2.33. The number of nitrogens with two attached hydrogens (primary N) is 1. The summed E-state index contributed by atoms with van der Waals surface area (Å²) in [5.41, 5.74) is 1.16. The van der Waals surface area contributed by atoms with Crippen LogP contribution in [-0.2, 0) is 20.5 Å². The average Bonchev–Trinajstić information content (AvgIpc) is 3.07. The highest BCUT2D eigenvalue weighted by molar-refractivity contribution is 7.88. The molecule has 0 unspecified atom stereocenters. The van der Waals surface area contributed by atoms with Crippen LogP contribution >= 0.6 is 0 Å². The summed E-state index contributed by atoms with van der Waals surface area (Å²) in [7, 11) is -3.56. The predicted molar refractivity (Wildman–Crippen MR) is 95.5 cm³/mol. The van der Waals surface area contributed by atoms with Crippen molar-refractivity contribution in [3.63, 3.8) is 0 Å². The summed E-state index contributed by atoms with van der Waals surface area (Å²) >= 11 is 0. The van der Waals surface area contributed by atoms with Gasteiger partial charge >= 0.3 is 0 Å². The maximum absolute atomic E-state index is 12.6. The molecule has 2 aliphatic rings. The molecule has 2 N–H and O–H groups in total. The maximum atomic E-state index is 12.6. The predicted octanol–water partition coefficient (Wildman–Crippen LogP) is 2.04. The van der Waals surface area contributed by atoms with E-state index in [0.29, 0.717) is 30.3 Å². The summed E-state index contributed by atoms with van der Waals surface area (Å²) in [4.78, 5) is 14.4. The molecule has 0 radical (unpaired) electrons. The molecule has 1 saturated carbocycles. The third-order valence-corrected chi connectivity index (χ3v) is 5.72. The van der Waals surface area contributed by atoms with Gasteiger partial charge in [0.05, 0.1) is 18.0 Å². The zero-order valence-electron chi connectivity index (χ0n) is 14.4. The van der Waals surface area contributed by atoms with Gasteiger partial charge in [0.1, 0.15) is 0 Å². The van der Waals surface area contributed by atoms with Crippen molar-refractivity contribution in [2.75, 3.05) is 13.1 Å². The molecule has 1 aromatic carbocycles. The Kier molecular flexibility index (Phi) is 5.76. The van der Waals surface area contributed by atoms with E-state index in [1.165, 1.54) is 25.7 Å². The Hall–Kier alpha value is -1.44. The van der Waals surface area contributed by atoms with Crippen molar-refractivity contribution < 1.29 is 17.9 Å². The highest BCUT2D eigenvalue weighted by atomic mass is 32.2. The number of carbonyl (C=O) groups is 1. The Morgan fingerprint density at radius 3 is 2.16 bits per heavy atom. The van der Waals surface area contributed by atoms with Gasteiger partial charge in [-0.2, -0.15) is 0 Å². The second-order valence-electron chi connectivity index (χ2n) is 7.04. The number of ether oxygens (including phenoxy) is 1. The molecular formula is C18H26N2O4S. The minimum atomic E-state index is -3.56. The third kappa shape index (κ3) is 5.26. The van der Waals surface area contributed by atoms with Gasteiger partial charge in [-0.3, -0.25) is 4.79 Å². The van der Waals surface area contributed by atoms with Crippen molar-refractivity contribution in [1.29, 1.82) is 0 Å². The molecule has 0 bridgehead atoms. The van der Waals surface area contributed by atoms with Crippen LogP contribution < -0.4 is 5.14 Å². The molecular weight excluding hydrogens is 340 g/mol. The fraction of sp³-hybridized carbons (Fsp3) is 0.611. The van der Waals surface area contributed by atoms with Gasteiger partial charge in [-0.15, -0.1) is 0 Å². The number of carbonyl (C=O) groups excluding carboxylic acids is 1. The summed E-state index contributed by atoms with van der Waals surface area (Å²) < 4.78 is 28.4. The highest BCUT2D eigenvalue weighted by Gasteiger charge is 2.27. The molecule has 1 aliphatic heterocycles. The van der Waals surface area contributed by atoms with Gasteiger partial charge in [0.15, 0.2) is 0 Å². The molecule has 1 aromatic rings. The van der Waals surface area contributed by atoms with Gasteiger partial charge in [0, 0.05) is 18.7 Å². The van der Waals surface area contributed by atoms with Crippen molar-refractivity contribution >= 4 is 15.9 Å². The minimum absolute atomic E-state index is 0.0125. The number of hydrogen-bond acceptors (Lipinski definition) is 4. The SMILES string of the molecule is NS(=O)(=O)Cc1ccc(C(=O)N2CCC(OC3CCCC3)CC2)cc1. The number of piperidine rings is 1. The van der Waals surface area contributed by atoms with E-state index in [1.54, 1.807) is 24.3 Å². The summed E-state index contributed by atoms with van der Waals surface area (Å²) in [5, 5.41) is 5.04. The van der Waals surface area contributed by atoms with Crippen molar-refractivity contribution in [2.45, 2.75) is 56.5 Å². The van der Waals surface area contributed by atoms with Crippen LogP contribution in [0.3, 0.4) is 0 Å². The van der Waals surface area contributed by atoms with E-state index in [2.05, 4.69) is 0 Å². The zero-order chi connectivity index (χ0) is 17.9. The molecule has 1 heterocycles. The molecule has 1 saturated heterocycles. The smallest absolute Gasteiger partial charge is 0.253 e. The van der Waals surface area contributed by atoms with Crippen LogP contribution in [0.5, 0.6) is 0 Å². The molecule has 138 valence electrons. The Bertz CT molecular complexity index is 688. The van der Waals surface area contributed by atoms with Crippen molar-refractivity contribution in [1.82, 2.24) is 4.90 Å². The largest absolute Gasteiger partial charge is 0.375 e. The summed E-state index contributed by atoms with van der Waals surface area (Å²) in [5.74, 6) is -0.229. The van der Waals surface area contributed by atoms with Gasteiger partial charge in [-0.05, 0) is 43.4 Å². The second kappa shape index (κ2) is 7.85. The molecule has 0 aromatic heterocycles. The lowest BCUT2D eigenvalue weighted by Crippen LogP contribution is -2.41. The van der Waals surface area contributed by atoms with E-state index in [1.807, 2.05) is 4.90 Å². The first-order valence-corrected chi connectivity index (χ1v) is 10.7. The maximum Gasteiger partial charge on any atom is 0.253 e. The van der Waals surface area contributed by atoms with Gasteiger partial charge in [-0.1, -0.05) is 25.0 Å². The summed E-state index contributed by atoms with van der Waals surface area (Å²) in [6.07, 6.45) is 7.32. The molecule has 2 fully saturated rings. The van der Waals surface area contributed by atoms with Crippen LogP contribution in [0, 0.1) is 0 Å². The highest BCUT2D eigenvalue weighted by Crippen LogP contribution is 2.25. The van der Waals surface area contributed by atoms with E-state index < -0.39 is 10.0 Å². The van der Waals surface area contributed by atoms with Crippen LogP contribution in [0.1, 0.15) is 54.4 Å². The molecule has 1 amide bonds. The van der Waals surface area contributed by atoms with E-state index in [4.69, 9.17) is 9.88 Å². The van der Waals surface area contributed by atoms with Crippen LogP contribution in [0.15, 0.2) is 24.3 Å². The quantitative estimate of drug-likeness (QED) is 0.863. The summed E-state index contributed by atoms with van der Waals surface area (Å²) in [6.45, 7) is 1.41. The zero-order valence-corrected chi connectivity index (χ0v) is 15.2. The number of hydrogen-bond donors (Lipinski definition) is 1. The topological polar surface area (TPSA) is 89.7 Å². The fourth-order valence-electron chi connectivity index (χ4n) is 3.65. The van der Waals surface area contributed by atoms with E-state index in [-0.39, 0.29) is 17.8 Å².